The predicted octanol–water partition coefficient (Wildman–Crippen LogP) is 3.16. The predicted molar refractivity (Wildman–Crippen MR) is 88.8 cm³/mol. The lowest BCUT2D eigenvalue weighted by molar-refractivity contribution is 0.0690. The van der Waals surface area contributed by atoms with Crippen molar-refractivity contribution < 1.29 is 14.6 Å². The van der Waals surface area contributed by atoms with E-state index in [0.717, 1.165) is 27.8 Å². The third kappa shape index (κ3) is 3.19. The second-order valence-electron chi connectivity index (χ2n) is 5.28. The fourth-order valence-electron chi connectivity index (χ4n) is 2.64. The molecule has 3 N–H and O–H groups in total. The Balaban J connectivity index is 1.75. The Hall–Kier alpha value is -2.79. The van der Waals surface area contributed by atoms with Gasteiger partial charge in [0.2, 0.25) is 0 Å². The van der Waals surface area contributed by atoms with Crippen LogP contribution < -0.4 is 10.1 Å². The van der Waals surface area contributed by atoms with Gasteiger partial charge in [-0.25, -0.2) is 4.79 Å². The minimum atomic E-state index is -0.942. The van der Waals surface area contributed by atoms with Gasteiger partial charge in [0.05, 0.1) is 7.11 Å². The molecule has 0 unspecified atom stereocenters. The summed E-state index contributed by atoms with van der Waals surface area (Å²) in [5.41, 5.74) is 2.98. The van der Waals surface area contributed by atoms with Crippen molar-refractivity contribution in [3.05, 3.63) is 65.4 Å². The van der Waals surface area contributed by atoms with Crippen molar-refractivity contribution in [2.24, 2.45) is 0 Å². The molecule has 1 heterocycles. The highest BCUT2D eigenvalue weighted by molar-refractivity contribution is 5.97. The number of para-hydroxylation sites is 1. The van der Waals surface area contributed by atoms with E-state index in [1.165, 1.54) is 0 Å². The molecule has 2 aromatic carbocycles. The zero-order valence-corrected chi connectivity index (χ0v) is 12.8. The van der Waals surface area contributed by atoms with Gasteiger partial charge in [-0.2, -0.15) is 0 Å². The van der Waals surface area contributed by atoms with Gasteiger partial charge in [0, 0.05) is 29.6 Å². The maximum absolute atomic E-state index is 11.4. The number of hydrogen-bond acceptors (Lipinski definition) is 3. The van der Waals surface area contributed by atoms with Crippen LogP contribution in [0.3, 0.4) is 0 Å². The molecule has 1 aromatic heterocycles. The van der Waals surface area contributed by atoms with Crippen LogP contribution in [-0.4, -0.2) is 23.2 Å². The Labute approximate surface area is 133 Å². The molecular formula is C18H18N2O3. The molecule has 0 saturated carbocycles. The van der Waals surface area contributed by atoms with Crippen molar-refractivity contribution >= 4 is 16.9 Å². The fraction of sp³-hybridized carbons (Fsp3) is 0.167. The molecule has 3 rings (SSSR count). The molecule has 0 aliphatic carbocycles. The first-order valence-corrected chi connectivity index (χ1v) is 7.35. The zero-order chi connectivity index (χ0) is 16.2. The SMILES string of the molecule is COc1ccc(CNCc2c(C(=O)O)[nH]c3ccccc23)cc1. The monoisotopic (exact) mass is 310 g/mol. The van der Waals surface area contributed by atoms with Crippen LogP contribution in [0, 0.1) is 0 Å². The highest BCUT2D eigenvalue weighted by atomic mass is 16.5. The Morgan fingerprint density at radius 2 is 1.87 bits per heavy atom. The van der Waals surface area contributed by atoms with Gasteiger partial charge >= 0.3 is 5.97 Å². The number of aromatic carboxylic acids is 1. The molecule has 0 atom stereocenters. The lowest BCUT2D eigenvalue weighted by atomic mass is 10.1. The first-order chi connectivity index (χ1) is 11.2. The van der Waals surface area contributed by atoms with E-state index in [0.29, 0.717) is 13.1 Å². The molecule has 23 heavy (non-hydrogen) atoms. The molecule has 5 heteroatoms. The fourth-order valence-corrected chi connectivity index (χ4v) is 2.64. The minimum Gasteiger partial charge on any atom is -0.497 e. The number of ether oxygens (including phenoxy) is 1. The molecule has 0 aliphatic heterocycles. The van der Waals surface area contributed by atoms with E-state index in [9.17, 15) is 9.90 Å². The second-order valence-corrected chi connectivity index (χ2v) is 5.28. The summed E-state index contributed by atoms with van der Waals surface area (Å²) in [6.07, 6.45) is 0. The van der Waals surface area contributed by atoms with E-state index < -0.39 is 5.97 Å². The van der Waals surface area contributed by atoms with Crippen molar-refractivity contribution in [1.29, 1.82) is 0 Å². The summed E-state index contributed by atoms with van der Waals surface area (Å²) in [4.78, 5) is 14.4. The summed E-state index contributed by atoms with van der Waals surface area (Å²) in [6, 6.07) is 15.4. The third-order valence-corrected chi connectivity index (χ3v) is 3.82. The van der Waals surface area contributed by atoms with E-state index >= 15 is 0 Å². The topological polar surface area (TPSA) is 74.3 Å². The van der Waals surface area contributed by atoms with Crippen LogP contribution >= 0.6 is 0 Å². The summed E-state index contributed by atoms with van der Waals surface area (Å²) in [5.74, 6) is -0.124. The maximum atomic E-state index is 11.4. The van der Waals surface area contributed by atoms with Crippen molar-refractivity contribution in [3.63, 3.8) is 0 Å². The number of carbonyl (C=O) groups is 1. The van der Waals surface area contributed by atoms with Gasteiger partial charge in [0.25, 0.3) is 0 Å². The molecule has 0 spiro atoms. The van der Waals surface area contributed by atoms with Crippen LogP contribution in [0.25, 0.3) is 10.9 Å². The maximum Gasteiger partial charge on any atom is 0.352 e. The number of H-pyrrole nitrogens is 1. The van der Waals surface area contributed by atoms with Gasteiger partial charge in [-0.05, 0) is 23.8 Å². The molecule has 0 aliphatic rings. The number of aromatic nitrogens is 1. The van der Waals surface area contributed by atoms with Crippen LogP contribution in [0.15, 0.2) is 48.5 Å². The normalized spacial score (nSPS) is 10.8. The Morgan fingerprint density at radius 1 is 1.13 bits per heavy atom. The van der Waals surface area contributed by atoms with Gasteiger partial charge in [-0.15, -0.1) is 0 Å². The zero-order valence-electron chi connectivity index (χ0n) is 12.8. The number of carboxylic acid groups (broad SMARTS) is 1. The average molecular weight is 310 g/mol. The molecular weight excluding hydrogens is 292 g/mol. The lowest BCUT2D eigenvalue weighted by Crippen LogP contribution is -2.15. The van der Waals surface area contributed by atoms with E-state index in [2.05, 4.69) is 10.3 Å². The number of benzene rings is 2. The average Bonchev–Trinajstić information content (AvgIpc) is 2.95. The Bertz CT molecular complexity index is 822. The molecule has 0 bridgehead atoms. The smallest absolute Gasteiger partial charge is 0.352 e. The molecule has 0 saturated heterocycles. The largest absolute Gasteiger partial charge is 0.497 e. The van der Waals surface area contributed by atoms with Gasteiger partial charge in [0.1, 0.15) is 11.4 Å². The third-order valence-electron chi connectivity index (χ3n) is 3.82. The number of methoxy groups -OCH3 is 1. The summed E-state index contributed by atoms with van der Waals surface area (Å²) >= 11 is 0. The highest BCUT2D eigenvalue weighted by Gasteiger charge is 2.16. The highest BCUT2D eigenvalue weighted by Crippen LogP contribution is 2.22. The number of aromatic amines is 1. The number of rotatable bonds is 6. The Morgan fingerprint density at radius 3 is 2.57 bits per heavy atom. The molecule has 0 amide bonds. The van der Waals surface area contributed by atoms with Crippen molar-refractivity contribution in [3.8, 4) is 5.75 Å². The van der Waals surface area contributed by atoms with E-state index in [4.69, 9.17) is 4.74 Å². The standard InChI is InChI=1S/C18H18N2O3/c1-23-13-8-6-12(7-9-13)10-19-11-15-14-4-2-3-5-16(14)20-17(15)18(21)22/h2-9,19-20H,10-11H2,1H3,(H,21,22). The van der Waals surface area contributed by atoms with E-state index in [1.807, 2.05) is 48.5 Å². The van der Waals surface area contributed by atoms with Crippen LogP contribution in [0.4, 0.5) is 0 Å². The summed E-state index contributed by atoms with van der Waals surface area (Å²) in [6.45, 7) is 1.14. The molecule has 3 aromatic rings. The first kappa shape index (κ1) is 15.1. The van der Waals surface area contributed by atoms with Gasteiger partial charge in [0.15, 0.2) is 0 Å². The second kappa shape index (κ2) is 6.54. The van der Waals surface area contributed by atoms with Crippen LogP contribution in [-0.2, 0) is 13.1 Å². The van der Waals surface area contributed by atoms with Crippen molar-refractivity contribution in [2.75, 3.05) is 7.11 Å². The Kier molecular flexibility index (Phi) is 4.30. The number of nitrogens with one attached hydrogen (secondary N) is 2. The van der Waals surface area contributed by atoms with Gasteiger partial charge in [-0.1, -0.05) is 30.3 Å². The van der Waals surface area contributed by atoms with Crippen LogP contribution in [0.5, 0.6) is 5.75 Å². The molecule has 0 radical (unpaired) electrons. The summed E-state index contributed by atoms with van der Waals surface area (Å²) in [5, 5.41) is 13.6. The van der Waals surface area contributed by atoms with Crippen molar-refractivity contribution in [1.82, 2.24) is 10.3 Å². The summed E-state index contributed by atoms with van der Waals surface area (Å²) < 4.78 is 5.13. The molecule has 118 valence electrons. The summed E-state index contributed by atoms with van der Waals surface area (Å²) in [7, 11) is 1.64. The van der Waals surface area contributed by atoms with Crippen LogP contribution in [0.2, 0.25) is 0 Å². The van der Waals surface area contributed by atoms with E-state index in [1.54, 1.807) is 7.11 Å². The number of fused-ring (bicyclic) bond motifs is 1. The van der Waals surface area contributed by atoms with Gasteiger partial charge < -0.3 is 20.1 Å². The van der Waals surface area contributed by atoms with Gasteiger partial charge in [-0.3, -0.25) is 0 Å². The van der Waals surface area contributed by atoms with Crippen molar-refractivity contribution in [2.45, 2.75) is 13.1 Å². The number of hydrogen-bond donors (Lipinski definition) is 3. The first-order valence-electron chi connectivity index (χ1n) is 7.35. The lowest BCUT2D eigenvalue weighted by Gasteiger charge is -2.07. The minimum absolute atomic E-state index is 0.244. The van der Waals surface area contributed by atoms with Crippen LogP contribution in [0.1, 0.15) is 21.6 Å². The molecule has 5 nitrogen and oxygen atoms in total. The molecule has 0 fully saturated rings. The quantitative estimate of drug-likeness (QED) is 0.654. The van der Waals surface area contributed by atoms with E-state index in [-0.39, 0.29) is 5.69 Å². The number of carboxylic acids is 1.